The summed E-state index contributed by atoms with van der Waals surface area (Å²) in [7, 11) is 0. The quantitative estimate of drug-likeness (QED) is 0.859. The summed E-state index contributed by atoms with van der Waals surface area (Å²) < 4.78 is 0. The lowest BCUT2D eigenvalue weighted by atomic mass is 9.97. The molecule has 1 aliphatic rings. The van der Waals surface area contributed by atoms with Crippen LogP contribution in [0.25, 0.3) is 10.9 Å². The van der Waals surface area contributed by atoms with Crippen molar-refractivity contribution in [2.75, 3.05) is 0 Å². The van der Waals surface area contributed by atoms with Crippen molar-refractivity contribution in [1.29, 1.82) is 0 Å². The molecule has 0 spiro atoms. The monoisotopic (exact) mass is 281 g/mol. The third-order valence-electron chi connectivity index (χ3n) is 3.77. The maximum Gasteiger partial charge on any atom is 0.172 e. The first-order valence-corrected chi connectivity index (χ1v) is 6.86. The van der Waals surface area contributed by atoms with Gasteiger partial charge in [-0.1, -0.05) is 19.9 Å². The Labute approximate surface area is 122 Å². The molecular weight excluding hydrogens is 266 g/mol. The Morgan fingerprint density at radius 3 is 2.38 bits per heavy atom. The van der Waals surface area contributed by atoms with E-state index in [4.69, 9.17) is 0 Å². The van der Waals surface area contributed by atoms with Gasteiger partial charge in [-0.25, -0.2) is 4.98 Å². The number of carbonyl (C=O) groups excluding carboxylic acids is 2. The van der Waals surface area contributed by atoms with Crippen LogP contribution in [0.5, 0.6) is 5.75 Å². The smallest absolute Gasteiger partial charge is 0.172 e. The molecule has 106 valence electrons. The molecule has 0 saturated heterocycles. The van der Waals surface area contributed by atoms with Crippen molar-refractivity contribution in [1.82, 2.24) is 4.98 Å². The van der Waals surface area contributed by atoms with Crippen LogP contribution in [0.4, 0.5) is 0 Å². The van der Waals surface area contributed by atoms with E-state index in [1.165, 1.54) is 12.2 Å². The Balaban J connectivity index is 2.14. The average Bonchev–Trinajstić information content (AvgIpc) is 2.77. The number of hydrogen-bond donors (Lipinski definition) is 1. The minimum Gasteiger partial charge on any atom is -0.506 e. The van der Waals surface area contributed by atoms with Gasteiger partial charge in [0.25, 0.3) is 0 Å². The van der Waals surface area contributed by atoms with Crippen LogP contribution < -0.4 is 0 Å². The highest BCUT2D eigenvalue weighted by Gasteiger charge is 2.33. The molecule has 0 atom stereocenters. The lowest BCUT2D eigenvalue weighted by Gasteiger charge is -2.12. The topological polar surface area (TPSA) is 67.3 Å². The van der Waals surface area contributed by atoms with E-state index < -0.39 is 5.92 Å². The third kappa shape index (κ3) is 2.23. The highest BCUT2D eigenvalue weighted by atomic mass is 16.3. The number of aromatic nitrogens is 1. The van der Waals surface area contributed by atoms with E-state index >= 15 is 0 Å². The second-order valence-electron chi connectivity index (χ2n) is 5.57. The SMILES string of the molecule is CC(C)c1ccc2nc(C3C(=O)C=CC3=O)c(O)cc2c1. The summed E-state index contributed by atoms with van der Waals surface area (Å²) in [5.74, 6) is -1.40. The third-order valence-corrected chi connectivity index (χ3v) is 3.77. The van der Waals surface area contributed by atoms with Gasteiger partial charge in [-0.05, 0) is 41.8 Å². The minimum absolute atomic E-state index is 0.112. The molecule has 1 aliphatic carbocycles. The van der Waals surface area contributed by atoms with Crippen LogP contribution in [0, 0.1) is 0 Å². The highest BCUT2D eigenvalue weighted by molar-refractivity contribution is 6.22. The summed E-state index contributed by atoms with van der Waals surface area (Å²) in [5.41, 5.74) is 1.95. The first-order valence-electron chi connectivity index (χ1n) is 6.86. The van der Waals surface area contributed by atoms with Crippen LogP contribution in [0.2, 0.25) is 0 Å². The average molecular weight is 281 g/mol. The molecule has 0 amide bonds. The van der Waals surface area contributed by atoms with E-state index in [-0.39, 0.29) is 23.0 Å². The van der Waals surface area contributed by atoms with E-state index in [2.05, 4.69) is 18.8 Å². The molecule has 1 aromatic carbocycles. The van der Waals surface area contributed by atoms with Crippen molar-refractivity contribution in [2.24, 2.45) is 0 Å². The van der Waals surface area contributed by atoms with Crippen LogP contribution in [-0.4, -0.2) is 21.7 Å². The maximum atomic E-state index is 11.8. The first-order chi connectivity index (χ1) is 9.97. The Kier molecular flexibility index (Phi) is 3.09. The standard InChI is InChI=1S/C17H15NO3/c1-9(2)10-3-4-12-11(7-10)8-15(21)17(18-12)16-13(19)5-6-14(16)20/h3-9,16,21H,1-2H3. The Hall–Kier alpha value is -2.49. The molecule has 0 bridgehead atoms. The van der Waals surface area contributed by atoms with Gasteiger partial charge >= 0.3 is 0 Å². The molecule has 0 aliphatic heterocycles. The van der Waals surface area contributed by atoms with Crippen molar-refractivity contribution in [3.05, 3.63) is 47.7 Å². The van der Waals surface area contributed by atoms with E-state index in [1.807, 2.05) is 18.2 Å². The summed E-state index contributed by atoms with van der Waals surface area (Å²) in [5, 5.41) is 10.9. The van der Waals surface area contributed by atoms with Gasteiger partial charge in [-0.15, -0.1) is 0 Å². The van der Waals surface area contributed by atoms with Gasteiger partial charge in [-0.2, -0.15) is 0 Å². The zero-order valence-electron chi connectivity index (χ0n) is 11.8. The number of nitrogens with zero attached hydrogens (tertiary/aromatic N) is 1. The molecule has 4 heteroatoms. The molecule has 0 unspecified atom stereocenters. The first kappa shape index (κ1) is 13.5. The molecule has 4 nitrogen and oxygen atoms in total. The molecule has 3 rings (SSSR count). The lowest BCUT2D eigenvalue weighted by molar-refractivity contribution is -0.122. The number of aromatic hydroxyl groups is 1. The molecule has 0 radical (unpaired) electrons. The fourth-order valence-electron chi connectivity index (χ4n) is 2.54. The summed E-state index contributed by atoms with van der Waals surface area (Å²) >= 11 is 0. The predicted molar refractivity (Wildman–Crippen MR) is 79.4 cm³/mol. The number of benzene rings is 1. The predicted octanol–water partition coefficient (Wildman–Crippen LogP) is 2.86. The highest BCUT2D eigenvalue weighted by Crippen LogP contribution is 2.32. The second kappa shape index (κ2) is 4.81. The minimum atomic E-state index is -1.00. The van der Waals surface area contributed by atoms with Crippen molar-refractivity contribution >= 4 is 22.5 Å². The number of allylic oxidation sites excluding steroid dienone is 2. The molecule has 1 N–H and O–H groups in total. The van der Waals surface area contributed by atoms with Gasteiger partial charge in [0.2, 0.25) is 0 Å². The molecule has 0 fully saturated rings. The largest absolute Gasteiger partial charge is 0.506 e. The van der Waals surface area contributed by atoms with Crippen molar-refractivity contribution in [2.45, 2.75) is 25.7 Å². The van der Waals surface area contributed by atoms with E-state index in [0.717, 1.165) is 10.9 Å². The fourth-order valence-corrected chi connectivity index (χ4v) is 2.54. The number of fused-ring (bicyclic) bond motifs is 1. The van der Waals surface area contributed by atoms with E-state index in [9.17, 15) is 14.7 Å². The van der Waals surface area contributed by atoms with Gasteiger partial charge in [0, 0.05) is 5.39 Å². The summed E-state index contributed by atoms with van der Waals surface area (Å²) in [6.45, 7) is 4.18. The Morgan fingerprint density at radius 1 is 1.10 bits per heavy atom. The maximum absolute atomic E-state index is 11.8. The normalized spacial score (nSPS) is 15.6. The van der Waals surface area contributed by atoms with Crippen LogP contribution in [0.3, 0.4) is 0 Å². The summed E-state index contributed by atoms with van der Waals surface area (Å²) in [4.78, 5) is 27.8. The van der Waals surface area contributed by atoms with E-state index in [1.54, 1.807) is 6.07 Å². The van der Waals surface area contributed by atoms with Gasteiger partial charge in [-0.3, -0.25) is 9.59 Å². The van der Waals surface area contributed by atoms with Gasteiger partial charge in [0.1, 0.15) is 17.4 Å². The van der Waals surface area contributed by atoms with Gasteiger partial charge in [0.15, 0.2) is 11.6 Å². The fraction of sp³-hybridized carbons (Fsp3) is 0.235. The number of ketones is 2. The van der Waals surface area contributed by atoms with E-state index in [0.29, 0.717) is 11.4 Å². The zero-order chi connectivity index (χ0) is 15.1. The lowest BCUT2D eigenvalue weighted by Crippen LogP contribution is -2.15. The number of carbonyl (C=O) groups is 2. The Morgan fingerprint density at radius 2 is 1.76 bits per heavy atom. The van der Waals surface area contributed by atoms with Crippen LogP contribution in [0.1, 0.15) is 36.9 Å². The van der Waals surface area contributed by atoms with Crippen LogP contribution in [0.15, 0.2) is 36.4 Å². The second-order valence-corrected chi connectivity index (χ2v) is 5.57. The zero-order valence-corrected chi connectivity index (χ0v) is 11.8. The molecular formula is C17H15NO3. The number of rotatable bonds is 2. The van der Waals surface area contributed by atoms with Crippen molar-refractivity contribution < 1.29 is 14.7 Å². The van der Waals surface area contributed by atoms with Crippen molar-refractivity contribution in [3.63, 3.8) is 0 Å². The van der Waals surface area contributed by atoms with Crippen molar-refractivity contribution in [3.8, 4) is 5.75 Å². The molecule has 21 heavy (non-hydrogen) atoms. The number of pyridine rings is 1. The molecule has 2 aromatic rings. The molecule has 1 heterocycles. The molecule has 0 saturated carbocycles. The van der Waals surface area contributed by atoms with Gasteiger partial charge in [0.05, 0.1) is 5.52 Å². The summed E-state index contributed by atoms with van der Waals surface area (Å²) in [6.07, 6.45) is 2.47. The number of hydrogen-bond acceptors (Lipinski definition) is 4. The van der Waals surface area contributed by atoms with Crippen LogP contribution >= 0.6 is 0 Å². The summed E-state index contributed by atoms with van der Waals surface area (Å²) in [6, 6.07) is 7.36. The Bertz CT molecular complexity index is 772. The van der Waals surface area contributed by atoms with Gasteiger partial charge < -0.3 is 5.11 Å². The molecule has 1 aromatic heterocycles. The van der Waals surface area contributed by atoms with Crippen LogP contribution in [-0.2, 0) is 9.59 Å².